The van der Waals surface area contributed by atoms with E-state index in [1.54, 1.807) is 72.8 Å². The Hall–Kier alpha value is -6.19. The molecule has 6 rings (SSSR count). The molecule has 4 N–H and O–H groups in total. The molecule has 298 valence electrons. The van der Waals surface area contributed by atoms with Crippen LogP contribution in [0.25, 0.3) is 11.1 Å². The predicted molar refractivity (Wildman–Crippen MR) is 200 cm³/mol. The Morgan fingerprint density at radius 1 is 0.737 bits per heavy atom. The molecule has 5 aromatic rings. The summed E-state index contributed by atoms with van der Waals surface area (Å²) in [5, 5.41) is 3.34. The second-order valence-electron chi connectivity index (χ2n) is 12.8. The molecule has 1 aliphatic rings. The van der Waals surface area contributed by atoms with Crippen LogP contribution in [-0.4, -0.2) is 30.5 Å². The number of hydroxylamine groups is 1. The first-order chi connectivity index (χ1) is 27.2. The van der Waals surface area contributed by atoms with Crippen molar-refractivity contribution in [3.8, 4) is 22.6 Å². The number of nitrogens with two attached hydrogens (primary N) is 1. The maximum Gasteiger partial charge on any atom is 0.493 e. The highest BCUT2D eigenvalue weighted by molar-refractivity contribution is 5.96. The van der Waals surface area contributed by atoms with Crippen molar-refractivity contribution in [3.63, 3.8) is 0 Å². The van der Waals surface area contributed by atoms with Gasteiger partial charge in [0, 0.05) is 25.9 Å². The lowest BCUT2D eigenvalue weighted by molar-refractivity contribution is -0.207. The van der Waals surface area contributed by atoms with Crippen LogP contribution in [0, 0.1) is 0 Å². The number of carbonyl (C=O) groups excluding carboxylic acids is 3. The average molecular weight is 793 g/mol. The van der Waals surface area contributed by atoms with Crippen LogP contribution in [0.2, 0.25) is 0 Å². The molecule has 15 heteroatoms. The lowest BCUT2D eigenvalue weighted by Gasteiger charge is -2.25. The number of nitrogens with one attached hydrogen (secondary N) is 2. The van der Waals surface area contributed by atoms with Gasteiger partial charge in [-0.2, -0.15) is 31.8 Å². The van der Waals surface area contributed by atoms with E-state index in [1.165, 1.54) is 40.1 Å². The van der Waals surface area contributed by atoms with Gasteiger partial charge in [-0.25, -0.2) is 4.79 Å². The van der Waals surface area contributed by atoms with Gasteiger partial charge in [0.15, 0.2) is 5.75 Å². The molecule has 0 fully saturated rings. The number of amides is 2. The van der Waals surface area contributed by atoms with E-state index in [1.807, 2.05) is 0 Å². The number of halogens is 6. The van der Waals surface area contributed by atoms with Crippen LogP contribution >= 0.6 is 0 Å². The lowest BCUT2D eigenvalue weighted by atomic mass is 10.0. The Morgan fingerprint density at radius 3 is 2.14 bits per heavy atom. The van der Waals surface area contributed by atoms with Gasteiger partial charge in [0.25, 0.3) is 5.91 Å². The number of fused-ring (bicyclic) bond motifs is 1. The Morgan fingerprint density at radius 2 is 1.44 bits per heavy atom. The Labute approximate surface area is 324 Å². The fraction of sp³-hybridized carbons (Fsp3) is 0.214. The standard InChI is InChI=1S/C33H27F6N3O5.C9H11N/c34-32(35,36)25-7-4-6-24(18-25)23-13-11-21(12-14-23)20-42(30(44)16-15-29(43)41-47-31(45)33(37,38)39)27-9-1-2-10-28(27)46-26-8-3-5-22(17-26)19-40;1-2-4-9-7-10-6-5-8(9)3-1/h1-14,17-18H,15-16,19-20,40H2,(H,41,43);1-4,10H,5-7H2. The SMILES string of the molecule is NCc1cccc(Oc2ccccc2N(Cc2ccc(-c3cccc(C(F)(F)F)c3)cc2)C(=O)CCC(=O)NOC(=O)C(F)(F)F)c1.c1ccc2c(c1)CCNC2. The molecule has 0 aromatic heterocycles. The van der Waals surface area contributed by atoms with Crippen LogP contribution in [-0.2, 0) is 51.5 Å². The summed E-state index contributed by atoms with van der Waals surface area (Å²) in [6, 6.07) is 33.3. The molecule has 0 spiro atoms. The van der Waals surface area contributed by atoms with E-state index in [9.17, 15) is 40.7 Å². The molecular weight excluding hydrogens is 754 g/mol. The Balaban J connectivity index is 0.000000532. The number of rotatable bonds is 10. The van der Waals surface area contributed by atoms with Crippen LogP contribution in [0.15, 0.2) is 121 Å². The average Bonchev–Trinajstić information content (AvgIpc) is 3.21. The largest absolute Gasteiger partial charge is 0.493 e. The highest BCUT2D eigenvalue weighted by Gasteiger charge is 2.42. The predicted octanol–water partition coefficient (Wildman–Crippen LogP) is 8.41. The first-order valence-electron chi connectivity index (χ1n) is 17.7. The van der Waals surface area contributed by atoms with E-state index < -0.39 is 48.5 Å². The third kappa shape index (κ3) is 12.1. The molecule has 0 atom stereocenters. The van der Waals surface area contributed by atoms with Gasteiger partial charge < -0.3 is 25.5 Å². The molecule has 0 saturated carbocycles. The molecule has 0 bridgehead atoms. The second kappa shape index (κ2) is 19.1. The summed E-state index contributed by atoms with van der Waals surface area (Å²) in [5.74, 6) is -3.75. The van der Waals surface area contributed by atoms with E-state index in [2.05, 4.69) is 34.4 Å². The van der Waals surface area contributed by atoms with Gasteiger partial charge in [-0.05, 0) is 82.7 Å². The molecule has 57 heavy (non-hydrogen) atoms. The smallest absolute Gasteiger partial charge is 0.455 e. The van der Waals surface area contributed by atoms with E-state index in [0.717, 1.165) is 30.8 Å². The van der Waals surface area contributed by atoms with E-state index in [-0.39, 0.29) is 24.5 Å². The first-order valence-corrected chi connectivity index (χ1v) is 17.7. The van der Waals surface area contributed by atoms with E-state index in [0.29, 0.717) is 22.4 Å². The summed E-state index contributed by atoms with van der Waals surface area (Å²) < 4.78 is 82.9. The van der Waals surface area contributed by atoms with Gasteiger partial charge in [-0.3, -0.25) is 9.59 Å². The maximum atomic E-state index is 13.6. The van der Waals surface area contributed by atoms with Crippen molar-refractivity contribution in [3.05, 3.63) is 149 Å². The Kier molecular flexibility index (Phi) is 14.1. The zero-order valence-electron chi connectivity index (χ0n) is 30.3. The third-order valence-corrected chi connectivity index (χ3v) is 8.70. The first kappa shape index (κ1) is 42.0. The lowest BCUT2D eigenvalue weighted by Crippen LogP contribution is -2.36. The Bertz CT molecular complexity index is 2130. The number of anilines is 1. The van der Waals surface area contributed by atoms with Gasteiger partial charge in [-0.15, -0.1) is 0 Å². The van der Waals surface area contributed by atoms with Gasteiger partial charge in [0.05, 0.1) is 17.8 Å². The molecule has 0 radical (unpaired) electrons. The number of hydrogen-bond acceptors (Lipinski definition) is 7. The number of benzene rings is 5. The maximum absolute atomic E-state index is 13.6. The minimum absolute atomic E-state index is 0.0877. The number of para-hydroxylation sites is 2. The molecule has 0 unspecified atom stereocenters. The zero-order chi connectivity index (χ0) is 41.0. The molecule has 0 saturated heterocycles. The number of alkyl halides is 6. The molecule has 0 aliphatic carbocycles. The van der Waals surface area contributed by atoms with Gasteiger partial charge in [0.2, 0.25) is 5.91 Å². The molecule has 1 aliphatic heterocycles. The van der Waals surface area contributed by atoms with Gasteiger partial charge >= 0.3 is 18.3 Å². The third-order valence-electron chi connectivity index (χ3n) is 8.70. The number of nitrogens with zero attached hydrogens (tertiary/aromatic N) is 1. The van der Waals surface area contributed by atoms with Crippen molar-refractivity contribution in [2.45, 2.75) is 51.2 Å². The molecule has 9 nitrogen and oxygen atoms in total. The summed E-state index contributed by atoms with van der Waals surface area (Å²) in [4.78, 5) is 41.6. The minimum atomic E-state index is -5.33. The van der Waals surface area contributed by atoms with Gasteiger partial charge in [-0.1, -0.05) is 84.9 Å². The summed E-state index contributed by atoms with van der Waals surface area (Å²) in [6.45, 7) is 2.35. The number of hydrogen-bond donors (Lipinski definition) is 3. The van der Waals surface area contributed by atoms with Crippen molar-refractivity contribution in [2.75, 3.05) is 11.4 Å². The molecular formula is C42H38F6N4O5. The second-order valence-corrected chi connectivity index (χ2v) is 12.8. The fourth-order valence-corrected chi connectivity index (χ4v) is 5.78. The topological polar surface area (TPSA) is 123 Å². The summed E-state index contributed by atoms with van der Waals surface area (Å²) >= 11 is 0. The van der Waals surface area contributed by atoms with Gasteiger partial charge in [0.1, 0.15) is 5.75 Å². The molecule has 5 aromatic carbocycles. The number of carbonyl (C=O) groups is 3. The van der Waals surface area contributed by atoms with E-state index >= 15 is 0 Å². The van der Waals surface area contributed by atoms with Crippen LogP contribution in [0.4, 0.5) is 32.0 Å². The summed E-state index contributed by atoms with van der Waals surface area (Å²) in [7, 11) is 0. The van der Waals surface area contributed by atoms with Crippen molar-refractivity contribution in [1.82, 2.24) is 10.8 Å². The van der Waals surface area contributed by atoms with Crippen molar-refractivity contribution < 1.29 is 50.3 Å². The highest BCUT2D eigenvalue weighted by Crippen LogP contribution is 2.35. The van der Waals surface area contributed by atoms with Crippen LogP contribution < -0.4 is 26.2 Å². The fourth-order valence-electron chi connectivity index (χ4n) is 5.78. The van der Waals surface area contributed by atoms with E-state index in [4.69, 9.17) is 10.5 Å². The quantitative estimate of drug-likeness (QED) is 0.0959. The van der Waals surface area contributed by atoms with Crippen LogP contribution in [0.3, 0.4) is 0 Å². The molecule has 1 heterocycles. The minimum Gasteiger partial charge on any atom is -0.455 e. The zero-order valence-corrected chi connectivity index (χ0v) is 30.3. The monoisotopic (exact) mass is 792 g/mol. The van der Waals surface area contributed by atoms with Crippen LogP contribution in [0.1, 0.15) is 40.7 Å². The summed E-state index contributed by atoms with van der Waals surface area (Å²) in [5.41, 5.74) is 11.7. The van der Waals surface area contributed by atoms with Crippen LogP contribution in [0.5, 0.6) is 11.5 Å². The normalized spacial score (nSPS) is 12.3. The number of ether oxygens (including phenoxy) is 1. The van der Waals surface area contributed by atoms with Crippen molar-refractivity contribution in [1.29, 1.82) is 0 Å². The highest BCUT2D eigenvalue weighted by atomic mass is 19.4. The summed E-state index contributed by atoms with van der Waals surface area (Å²) in [6.07, 6.45) is -9.79. The molecule has 2 amide bonds. The van der Waals surface area contributed by atoms with Crippen molar-refractivity contribution >= 4 is 23.5 Å². The van der Waals surface area contributed by atoms with Crippen molar-refractivity contribution in [2.24, 2.45) is 5.73 Å².